The first kappa shape index (κ1) is 27.0. The summed E-state index contributed by atoms with van der Waals surface area (Å²) in [5.41, 5.74) is 1.59. The highest BCUT2D eigenvalue weighted by molar-refractivity contribution is 5.91. The van der Waals surface area contributed by atoms with Gasteiger partial charge < -0.3 is 38.2 Å². The van der Waals surface area contributed by atoms with E-state index in [9.17, 15) is 9.59 Å². The Labute approximate surface area is 245 Å². The average molecular weight is 579 g/mol. The fraction of sp³-hybridized carbons (Fsp3) is 0.562. The molecule has 1 saturated carbocycles. The van der Waals surface area contributed by atoms with Crippen LogP contribution in [0.1, 0.15) is 61.5 Å². The van der Waals surface area contributed by atoms with Crippen LogP contribution in [0.2, 0.25) is 0 Å². The summed E-state index contributed by atoms with van der Waals surface area (Å²) in [4.78, 5) is 33.1. The molecule has 10 heteroatoms. The Bertz CT molecular complexity index is 1260. The number of ether oxygens (including phenoxy) is 6. The van der Waals surface area contributed by atoms with Crippen molar-refractivity contribution in [2.45, 2.75) is 50.4 Å². The summed E-state index contributed by atoms with van der Waals surface area (Å²) in [6.45, 7) is 3.12. The number of carbonyl (C=O) groups excluding carboxylic acids is 2. The number of carbonyl (C=O) groups is 2. The summed E-state index contributed by atoms with van der Waals surface area (Å²) < 4.78 is 34.5. The van der Waals surface area contributed by atoms with Crippen LogP contribution in [0.3, 0.4) is 0 Å². The Morgan fingerprint density at radius 1 is 0.595 bits per heavy atom. The van der Waals surface area contributed by atoms with Crippen molar-refractivity contribution in [1.29, 1.82) is 0 Å². The van der Waals surface area contributed by atoms with Crippen LogP contribution < -0.4 is 28.4 Å². The molecule has 4 aliphatic heterocycles. The second kappa shape index (κ2) is 11.1. The van der Waals surface area contributed by atoms with Gasteiger partial charge in [-0.3, -0.25) is 9.59 Å². The second-order valence-electron chi connectivity index (χ2n) is 11.8. The molecule has 42 heavy (non-hydrogen) atoms. The first-order valence-corrected chi connectivity index (χ1v) is 15.1. The number of fused-ring (bicyclic) bond motifs is 2. The normalized spacial score (nSPS) is 26.0. The highest BCUT2D eigenvalue weighted by Gasteiger charge is 2.61. The van der Waals surface area contributed by atoms with Crippen molar-refractivity contribution in [1.82, 2.24) is 9.80 Å². The van der Waals surface area contributed by atoms with Crippen LogP contribution in [0.4, 0.5) is 0 Å². The van der Waals surface area contributed by atoms with E-state index in [1.165, 1.54) is 0 Å². The summed E-state index contributed by atoms with van der Waals surface area (Å²) in [7, 11) is 3.22. The molecular weight excluding hydrogens is 540 g/mol. The van der Waals surface area contributed by atoms with E-state index in [4.69, 9.17) is 28.4 Å². The molecule has 0 aromatic heterocycles. The van der Waals surface area contributed by atoms with E-state index >= 15 is 0 Å². The minimum absolute atomic E-state index is 0.0619. The van der Waals surface area contributed by atoms with Crippen molar-refractivity contribution in [3.05, 3.63) is 35.4 Å². The van der Waals surface area contributed by atoms with Crippen molar-refractivity contribution in [2.24, 2.45) is 11.8 Å². The van der Waals surface area contributed by atoms with Crippen LogP contribution >= 0.6 is 0 Å². The molecule has 0 spiro atoms. The highest BCUT2D eigenvalue weighted by atomic mass is 16.7. The minimum Gasteiger partial charge on any atom is -0.496 e. The largest absolute Gasteiger partial charge is 0.496 e. The van der Waals surface area contributed by atoms with Crippen LogP contribution in [0.5, 0.6) is 34.5 Å². The van der Waals surface area contributed by atoms with Crippen molar-refractivity contribution >= 4 is 11.8 Å². The van der Waals surface area contributed by atoms with E-state index in [0.29, 0.717) is 34.5 Å². The molecule has 2 amide bonds. The number of benzene rings is 2. The Kier molecular flexibility index (Phi) is 7.15. The zero-order valence-corrected chi connectivity index (χ0v) is 24.3. The second-order valence-corrected chi connectivity index (χ2v) is 11.8. The van der Waals surface area contributed by atoms with Gasteiger partial charge in [0.2, 0.25) is 25.4 Å². The molecule has 4 heterocycles. The topological polar surface area (TPSA) is 96.0 Å². The molecule has 3 fully saturated rings. The quantitative estimate of drug-likeness (QED) is 0.501. The number of rotatable bonds is 6. The van der Waals surface area contributed by atoms with E-state index in [-0.39, 0.29) is 25.4 Å². The SMILES string of the molecule is COc1cc2c(cc1C1C(C(=O)N3CCCCC3)C(c3cc4c(cc3OC)OCO4)C1C(=O)N1CCCCC1)OCO2. The summed E-state index contributed by atoms with van der Waals surface area (Å²) in [6.07, 6.45) is 6.14. The van der Waals surface area contributed by atoms with Gasteiger partial charge in [-0.2, -0.15) is 0 Å². The molecule has 10 nitrogen and oxygen atoms in total. The molecule has 0 bridgehead atoms. The van der Waals surface area contributed by atoms with E-state index in [0.717, 1.165) is 75.8 Å². The van der Waals surface area contributed by atoms with Gasteiger partial charge in [-0.25, -0.2) is 0 Å². The fourth-order valence-corrected chi connectivity index (χ4v) is 7.54. The van der Waals surface area contributed by atoms with Crippen molar-refractivity contribution in [2.75, 3.05) is 54.0 Å². The van der Waals surface area contributed by atoms with Gasteiger partial charge in [0.1, 0.15) is 11.5 Å². The lowest BCUT2D eigenvalue weighted by Gasteiger charge is -2.53. The molecule has 0 unspecified atom stereocenters. The monoisotopic (exact) mass is 578 g/mol. The van der Waals surface area contributed by atoms with Gasteiger partial charge in [-0.1, -0.05) is 0 Å². The molecule has 0 radical (unpaired) electrons. The number of likely N-dealkylation sites (tertiary alicyclic amines) is 2. The zero-order chi connectivity index (χ0) is 28.8. The Balaban J connectivity index is 1.39. The summed E-state index contributed by atoms with van der Waals surface area (Å²) in [5.74, 6) is 1.85. The molecule has 5 aliphatic rings. The van der Waals surface area contributed by atoms with E-state index in [1.54, 1.807) is 14.2 Å². The maximum atomic E-state index is 14.6. The van der Waals surface area contributed by atoms with E-state index in [2.05, 4.69) is 0 Å². The lowest BCUT2D eigenvalue weighted by molar-refractivity contribution is -0.154. The Hall–Kier alpha value is -3.82. The van der Waals surface area contributed by atoms with Crippen molar-refractivity contribution in [3.8, 4) is 34.5 Å². The van der Waals surface area contributed by atoms with Gasteiger partial charge in [-0.15, -0.1) is 0 Å². The highest BCUT2D eigenvalue weighted by Crippen LogP contribution is 2.63. The van der Waals surface area contributed by atoms with Crippen LogP contribution in [0.25, 0.3) is 0 Å². The summed E-state index contributed by atoms with van der Waals surface area (Å²) in [5, 5.41) is 0. The molecule has 7 rings (SSSR count). The molecule has 2 aromatic rings. The molecule has 0 N–H and O–H groups in total. The third kappa shape index (κ3) is 4.46. The standard InChI is InChI=1S/C32H38N2O8/c1-37-21-15-25-23(39-17-41-25)13-19(21)27-29(31(35)33-9-5-3-6-10-33)28(30(27)32(36)34-11-7-4-8-12-34)20-14-24-26(42-18-40-24)16-22(20)38-2/h13-16,27-30H,3-12,17-18H2,1-2H3. The lowest BCUT2D eigenvalue weighted by atomic mass is 9.51. The van der Waals surface area contributed by atoms with Gasteiger partial charge in [0.15, 0.2) is 23.0 Å². The van der Waals surface area contributed by atoms with E-state index in [1.807, 2.05) is 34.1 Å². The minimum atomic E-state index is -0.509. The molecule has 2 aromatic carbocycles. The van der Waals surface area contributed by atoms with Crippen LogP contribution in [-0.4, -0.2) is 75.6 Å². The van der Waals surface area contributed by atoms with Crippen LogP contribution in [0, 0.1) is 11.8 Å². The van der Waals surface area contributed by atoms with Crippen LogP contribution in [-0.2, 0) is 9.59 Å². The third-order valence-corrected chi connectivity index (χ3v) is 9.62. The van der Waals surface area contributed by atoms with Gasteiger partial charge in [-0.05, 0) is 50.7 Å². The molecule has 2 saturated heterocycles. The number of hydrogen-bond donors (Lipinski definition) is 0. The van der Waals surface area contributed by atoms with Crippen LogP contribution in [0.15, 0.2) is 24.3 Å². The number of amides is 2. The first-order chi connectivity index (χ1) is 20.6. The smallest absolute Gasteiger partial charge is 0.231 e. The third-order valence-electron chi connectivity index (χ3n) is 9.62. The van der Waals surface area contributed by atoms with Crippen molar-refractivity contribution in [3.63, 3.8) is 0 Å². The lowest BCUT2D eigenvalue weighted by Crippen LogP contribution is -2.58. The summed E-state index contributed by atoms with van der Waals surface area (Å²) in [6, 6.07) is 7.45. The van der Waals surface area contributed by atoms with Gasteiger partial charge in [0.25, 0.3) is 0 Å². The molecule has 1 aliphatic carbocycles. The average Bonchev–Trinajstić information content (AvgIpc) is 3.69. The zero-order valence-electron chi connectivity index (χ0n) is 24.3. The maximum Gasteiger partial charge on any atom is 0.231 e. The van der Waals surface area contributed by atoms with Gasteiger partial charge in [0, 0.05) is 61.3 Å². The van der Waals surface area contributed by atoms with Crippen molar-refractivity contribution < 1.29 is 38.0 Å². The Morgan fingerprint density at radius 2 is 0.952 bits per heavy atom. The number of nitrogens with zero attached hydrogens (tertiary/aromatic N) is 2. The number of hydrogen-bond acceptors (Lipinski definition) is 8. The predicted molar refractivity (Wildman–Crippen MR) is 152 cm³/mol. The van der Waals surface area contributed by atoms with Gasteiger partial charge >= 0.3 is 0 Å². The maximum absolute atomic E-state index is 14.6. The first-order valence-electron chi connectivity index (χ1n) is 15.1. The van der Waals surface area contributed by atoms with Gasteiger partial charge in [0.05, 0.1) is 26.1 Å². The Morgan fingerprint density at radius 3 is 1.31 bits per heavy atom. The summed E-state index contributed by atoms with van der Waals surface area (Å²) >= 11 is 0. The number of methoxy groups -OCH3 is 2. The molecule has 224 valence electrons. The molecular formula is C32H38N2O8. The predicted octanol–water partition coefficient (Wildman–Crippen LogP) is 4.30. The molecule has 0 atom stereocenters. The van der Waals surface area contributed by atoms with E-state index < -0.39 is 23.7 Å². The number of piperidine rings is 2. The fourth-order valence-electron chi connectivity index (χ4n) is 7.54.